The number of carbonyl (C=O) groups is 2. The lowest BCUT2D eigenvalue weighted by Crippen LogP contribution is -2.24. The fraction of sp³-hybridized carbons (Fsp3) is 0.417. The van der Waals surface area contributed by atoms with Crippen molar-refractivity contribution < 1.29 is 9.59 Å². The maximum absolute atomic E-state index is 13.7. The molecule has 0 saturated carbocycles. The van der Waals surface area contributed by atoms with Crippen molar-refractivity contribution >= 4 is 19.0 Å². The summed E-state index contributed by atoms with van der Waals surface area (Å²) in [4.78, 5) is 27.3. The third-order valence-corrected chi connectivity index (χ3v) is 7.46. The van der Waals surface area contributed by atoms with E-state index in [9.17, 15) is 9.59 Å². The maximum Gasteiger partial charge on any atom is 0.193 e. The standard InChI is InChI=1S/C24H31O2P/c1-14-10-16(3)20(17(4)11-14)22(25)27(24(7,8)9)23(26)21-18(5)12-15(2)13-19(21)6/h10-13H,1-9H3. The number of hydrogen-bond acceptors (Lipinski definition) is 2. The Morgan fingerprint density at radius 1 is 0.630 bits per heavy atom. The molecule has 0 aliphatic rings. The molecule has 2 nitrogen and oxygen atoms in total. The van der Waals surface area contributed by atoms with Crippen LogP contribution in [0.4, 0.5) is 0 Å². The van der Waals surface area contributed by atoms with Crippen molar-refractivity contribution in [1.29, 1.82) is 0 Å². The van der Waals surface area contributed by atoms with E-state index in [0.29, 0.717) is 0 Å². The minimum Gasteiger partial charge on any atom is -0.289 e. The molecule has 2 rings (SSSR count). The van der Waals surface area contributed by atoms with Crippen LogP contribution < -0.4 is 0 Å². The molecule has 0 aliphatic heterocycles. The topological polar surface area (TPSA) is 34.1 Å². The quantitative estimate of drug-likeness (QED) is 0.545. The summed E-state index contributed by atoms with van der Waals surface area (Å²) in [6.45, 7) is 18.0. The first-order valence-electron chi connectivity index (χ1n) is 9.39. The van der Waals surface area contributed by atoms with E-state index in [2.05, 4.69) is 0 Å². The van der Waals surface area contributed by atoms with Gasteiger partial charge in [-0.2, -0.15) is 0 Å². The monoisotopic (exact) mass is 382 g/mol. The Kier molecular flexibility index (Phi) is 6.12. The second kappa shape index (κ2) is 7.68. The minimum atomic E-state index is -1.54. The van der Waals surface area contributed by atoms with Gasteiger partial charge in [0.25, 0.3) is 0 Å². The minimum absolute atomic E-state index is 0.00289. The van der Waals surface area contributed by atoms with E-state index in [1.807, 2.05) is 86.6 Å². The van der Waals surface area contributed by atoms with E-state index in [0.717, 1.165) is 44.5 Å². The predicted octanol–water partition coefficient (Wildman–Crippen LogP) is 6.80. The highest BCUT2D eigenvalue weighted by Crippen LogP contribution is 2.55. The Morgan fingerprint density at radius 2 is 0.889 bits per heavy atom. The summed E-state index contributed by atoms with van der Waals surface area (Å²) in [6.07, 6.45) is 0. The van der Waals surface area contributed by atoms with Gasteiger partial charge in [-0.15, -0.1) is 0 Å². The van der Waals surface area contributed by atoms with Crippen LogP contribution in [-0.2, 0) is 0 Å². The van der Waals surface area contributed by atoms with E-state index >= 15 is 0 Å². The van der Waals surface area contributed by atoms with E-state index in [1.165, 1.54) is 0 Å². The van der Waals surface area contributed by atoms with Crippen LogP contribution in [0.1, 0.15) is 74.9 Å². The third kappa shape index (κ3) is 4.38. The highest BCUT2D eigenvalue weighted by molar-refractivity contribution is 7.91. The molecule has 2 aromatic carbocycles. The summed E-state index contributed by atoms with van der Waals surface area (Å²) in [5.74, 6) is 0. The molecule has 0 spiro atoms. The molecular formula is C24H31O2P. The fourth-order valence-corrected chi connectivity index (χ4v) is 6.52. The van der Waals surface area contributed by atoms with Gasteiger partial charge < -0.3 is 0 Å². The molecule has 0 heterocycles. The van der Waals surface area contributed by atoms with E-state index in [4.69, 9.17) is 0 Å². The van der Waals surface area contributed by atoms with Gasteiger partial charge in [0, 0.05) is 11.1 Å². The summed E-state index contributed by atoms with van der Waals surface area (Å²) in [6, 6.07) is 8.12. The van der Waals surface area contributed by atoms with E-state index in [-0.39, 0.29) is 11.0 Å². The lowest BCUT2D eigenvalue weighted by atomic mass is 10.0. The first kappa shape index (κ1) is 21.5. The van der Waals surface area contributed by atoms with E-state index < -0.39 is 13.1 Å². The van der Waals surface area contributed by atoms with Crippen molar-refractivity contribution in [3.05, 3.63) is 68.8 Å². The van der Waals surface area contributed by atoms with Crippen LogP contribution in [0.25, 0.3) is 0 Å². The molecule has 0 radical (unpaired) electrons. The van der Waals surface area contributed by atoms with E-state index in [1.54, 1.807) is 0 Å². The molecule has 0 atom stereocenters. The summed E-state index contributed by atoms with van der Waals surface area (Å²) < 4.78 is 0. The fourth-order valence-electron chi connectivity index (χ4n) is 3.96. The first-order valence-corrected chi connectivity index (χ1v) is 10.7. The van der Waals surface area contributed by atoms with Crippen LogP contribution in [-0.4, -0.2) is 16.2 Å². The zero-order chi connectivity index (χ0) is 20.7. The molecule has 2 aromatic rings. The number of rotatable bonds is 4. The molecular weight excluding hydrogens is 351 g/mol. The van der Waals surface area contributed by atoms with Gasteiger partial charge in [-0.25, -0.2) is 0 Å². The summed E-state index contributed by atoms with van der Waals surface area (Å²) in [7, 11) is -1.54. The van der Waals surface area contributed by atoms with Crippen LogP contribution in [0, 0.1) is 41.5 Å². The van der Waals surface area contributed by atoms with Crippen molar-refractivity contribution in [1.82, 2.24) is 0 Å². The third-order valence-electron chi connectivity index (χ3n) is 4.86. The van der Waals surface area contributed by atoms with Gasteiger partial charge in [0.2, 0.25) is 0 Å². The maximum atomic E-state index is 13.7. The Bertz CT molecular complexity index is 801. The van der Waals surface area contributed by atoms with Crippen molar-refractivity contribution in [3.8, 4) is 0 Å². The second-order valence-electron chi connectivity index (χ2n) is 8.66. The average molecular weight is 382 g/mol. The molecule has 3 heteroatoms. The van der Waals surface area contributed by atoms with Gasteiger partial charge in [0.05, 0.1) is 7.92 Å². The average Bonchev–Trinajstić information content (AvgIpc) is 2.43. The molecule has 0 aliphatic carbocycles. The van der Waals surface area contributed by atoms with Crippen LogP contribution in [0.15, 0.2) is 24.3 Å². The lowest BCUT2D eigenvalue weighted by Gasteiger charge is -2.30. The Hall–Kier alpha value is -1.79. The summed E-state index contributed by atoms with van der Waals surface area (Å²) in [5.41, 5.74) is 7.54. The number of aryl methyl sites for hydroxylation is 6. The number of hydrogen-bond donors (Lipinski definition) is 0. The van der Waals surface area contributed by atoms with Crippen molar-refractivity contribution in [2.75, 3.05) is 0 Å². The molecule has 0 amide bonds. The zero-order valence-electron chi connectivity index (χ0n) is 18.1. The molecule has 0 saturated heterocycles. The molecule has 0 unspecified atom stereocenters. The second-order valence-corrected chi connectivity index (χ2v) is 11.5. The molecule has 144 valence electrons. The van der Waals surface area contributed by atoms with Gasteiger partial charge in [0.15, 0.2) is 11.0 Å². The lowest BCUT2D eigenvalue weighted by molar-refractivity contribution is 0.104. The van der Waals surface area contributed by atoms with Crippen LogP contribution in [0.2, 0.25) is 0 Å². The predicted molar refractivity (Wildman–Crippen MR) is 117 cm³/mol. The van der Waals surface area contributed by atoms with Crippen LogP contribution in [0.5, 0.6) is 0 Å². The van der Waals surface area contributed by atoms with Crippen molar-refractivity contribution in [2.45, 2.75) is 67.5 Å². The molecule has 27 heavy (non-hydrogen) atoms. The van der Waals surface area contributed by atoms with Gasteiger partial charge >= 0.3 is 0 Å². The van der Waals surface area contributed by atoms with Gasteiger partial charge in [-0.3, -0.25) is 9.59 Å². The van der Waals surface area contributed by atoms with Crippen molar-refractivity contribution in [2.24, 2.45) is 0 Å². The molecule has 0 aromatic heterocycles. The molecule has 0 fully saturated rings. The smallest absolute Gasteiger partial charge is 0.193 e. The SMILES string of the molecule is Cc1cc(C)c(C(=O)P(C(=O)c2c(C)cc(C)cc2C)C(C)(C)C)c(C)c1. The molecule has 0 bridgehead atoms. The molecule has 0 N–H and O–H groups in total. The zero-order valence-corrected chi connectivity index (χ0v) is 19.0. The van der Waals surface area contributed by atoms with Crippen LogP contribution in [0.3, 0.4) is 0 Å². The number of carbonyl (C=O) groups excluding carboxylic acids is 2. The Morgan fingerprint density at radius 3 is 1.11 bits per heavy atom. The first-order chi connectivity index (χ1) is 12.3. The normalized spacial score (nSPS) is 11.8. The van der Waals surface area contributed by atoms with Crippen molar-refractivity contribution in [3.63, 3.8) is 0 Å². The Balaban J connectivity index is 2.65. The largest absolute Gasteiger partial charge is 0.289 e. The highest BCUT2D eigenvalue weighted by atomic mass is 31.1. The van der Waals surface area contributed by atoms with Crippen LogP contribution >= 0.6 is 7.92 Å². The summed E-state index contributed by atoms with van der Waals surface area (Å²) >= 11 is 0. The Labute approximate surface area is 165 Å². The number of benzene rings is 2. The highest BCUT2D eigenvalue weighted by Gasteiger charge is 2.40. The van der Waals surface area contributed by atoms with Gasteiger partial charge in [0.1, 0.15) is 0 Å². The van der Waals surface area contributed by atoms with Gasteiger partial charge in [-0.1, -0.05) is 56.2 Å². The van der Waals surface area contributed by atoms with Gasteiger partial charge in [-0.05, 0) is 69.0 Å². The summed E-state index contributed by atoms with van der Waals surface area (Å²) in [5, 5.41) is -0.406.